The summed E-state index contributed by atoms with van der Waals surface area (Å²) < 4.78 is 16.5. The van der Waals surface area contributed by atoms with Crippen molar-refractivity contribution < 1.29 is 19.0 Å². The third kappa shape index (κ3) is 3.51. The van der Waals surface area contributed by atoms with E-state index in [1.807, 2.05) is 49.4 Å². The Morgan fingerprint density at radius 3 is 2.44 bits per heavy atom. The minimum atomic E-state index is 0.0705. The SMILES string of the molecule is CCOc1c(OC)cc(/C=C2\CSc3ccccc3C2=O)cc1OC. The average molecular weight is 356 g/mol. The molecule has 0 aromatic heterocycles. The molecule has 0 saturated carbocycles. The lowest BCUT2D eigenvalue weighted by atomic mass is 10.0. The second kappa shape index (κ2) is 7.66. The van der Waals surface area contributed by atoms with Gasteiger partial charge in [0.1, 0.15) is 0 Å². The number of carbonyl (C=O) groups excluding carboxylic acids is 1. The third-order valence-corrected chi connectivity index (χ3v) is 5.04. The number of ketones is 1. The van der Waals surface area contributed by atoms with Crippen LogP contribution in [0.2, 0.25) is 0 Å². The van der Waals surface area contributed by atoms with Crippen LogP contribution in [0.25, 0.3) is 6.08 Å². The van der Waals surface area contributed by atoms with Crippen molar-refractivity contribution in [1.82, 2.24) is 0 Å². The number of benzene rings is 2. The highest BCUT2D eigenvalue weighted by atomic mass is 32.2. The Kier molecular flexibility index (Phi) is 5.34. The van der Waals surface area contributed by atoms with Crippen LogP contribution in [-0.4, -0.2) is 32.4 Å². The van der Waals surface area contributed by atoms with E-state index < -0.39 is 0 Å². The second-order valence-corrected chi connectivity index (χ2v) is 6.49. The molecule has 0 spiro atoms. The molecule has 0 N–H and O–H groups in total. The van der Waals surface area contributed by atoms with Gasteiger partial charge in [-0.1, -0.05) is 12.1 Å². The molecule has 130 valence electrons. The van der Waals surface area contributed by atoms with E-state index >= 15 is 0 Å². The van der Waals surface area contributed by atoms with Gasteiger partial charge in [-0.05, 0) is 42.8 Å². The number of fused-ring (bicyclic) bond motifs is 1. The number of ether oxygens (including phenoxy) is 3. The number of hydrogen-bond donors (Lipinski definition) is 0. The van der Waals surface area contributed by atoms with Gasteiger partial charge in [-0.25, -0.2) is 0 Å². The van der Waals surface area contributed by atoms with Crippen LogP contribution in [0.4, 0.5) is 0 Å². The smallest absolute Gasteiger partial charge is 0.203 e. The van der Waals surface area contributed by atoms with Gasteiger partial charge in [0.25, 0.3) is 0 Å². The maximum atomic E-state index is 12.7. The molecule has 2 aromatic carbocycles. The quantitative estimate of drug-likeness (QED) is 0.740. The first-order valence-corrected chi connectivity index (χ1v) is 9.02. The molecular formula is C20H20O4S. The van der Waals surface area contributed by atoms with Gasteiger partial charge >= 0.3 is 0 Å². The van der Waals surface area contributed by atoms with Gasteiger partial charge in [-0.3, -0.25) is 4.79 Å². The molecule has 0 bridgehead atoms. The molecule has 0 aliphatic carbocycles. The van der Waals surface area contributed by atoms with Crippen LogP contribution in [0.15, 0.2) is 46.9 Å². The van der Waals surface area contributed by atoms with Crippen LogP contribution >= 0.6 is 11.8 Å². The predicted molar refractivity (Wildman–Crippen MR) is 100 cm³/mol. The van der Waals surface area contributed by atoms with E-state index in [4.69, 9.17) is 14.2 Å². The van der Waals surface area contributed by atoms with Crippen LogP contribution < -0.4 is 14.2 Å². The third-order valence-electron chi connectivity index (χ3n) is 3.92. The van der Waals surface area contributed by atoms with E-state index in [9.17, 15) is 4.79 Å². The molecule has 25 heavy (non-hydrogen) atoms. The van der Waals surface area contributed by atoms with Crippen molar-refractivity contribution in [2.75, 3.05) is 26.6 Å². The van der Waals surface area contributed by atoms with Crippen molar-refractivity contribution in [1.29, 1.82) is 0 Å². The largest absolute Gasteiger partial charge is 0.493 e. The van der Waals surface area contributed by atoms with Crippen molar-refractivity contribution >= 4 is 23.6 Å². The zero-order valence-corrected chi connectivity index (χ0v) is 15.3. The molecule has 1 aliphatic rings. The fourth-order valence-electron chi connectivity index (χ4n) is 2.75. The number of Topliss-reactive ketones (excluding diaryl/α,β-unsaturated/α-hetero) is 1. The molecule has 2 aromatic rings. The molecule has 0 fully saturated rings. The van der Waals surface area contributed by atoms with Gasteiger partial charge in [0.2, 0.25) is 5.75 Å². The van der Waals surface area contributed by atoms with Crippen LogP contribution in [0.1, 0.15) is 22.8 Å². The van der Waals surface area contributed by atoms with Gasteiger partial charge < -0.3 is 14.2 Å². The van der Waals surface area contributed by atoms with Gasteiger partial charge in [0, 0.05) is 21.8 Å². The van der Waals surface area contributed by atoms with Crippen LogP contribution in [0.5, 0.6) is 17.2 Å². The van der Waals surface area contributed by atoms with Crippen molar-refractivity contribution in [3.05, 3.63) is 53.1 Å². The minimum absolute atomic E-state index is 0.0705. The zero-order chi connectivity index (χ0) is 17.8. The Morgan fingerprint density at radius 2 is 1.80 bits per heavy atom. The molecule has 3 rings (SSSR count). The Labute approximate surface area is 151 Å². The summed E-state index contributed by atoms with van der Waals surface area (Å²) in [6.45, 7) is 2.42. The molecule has 5 heteroatoms. The van der Waals surface area contributed by atoms with Crippen molar-refractivity contribution in [2.45, 2.75) is 11.8 Å². The Hall–Kier alpha value is -2.40. The number of carbonyl (C=O) groups is 1. The van der Waals surface area contributed by atoms with Crippen LogP contribution in [0.3, 0.4) is 0 Å². The lowest BCUT2D eigenvalue weighted by molar-refractivity contribution is 0.103. The number of methoxy groups -OCH3 is 2. The van der Waals surface area contributed by atoms with Crippen LogP contribution in [0, 0.1) is 0 Å². The first kappa shape index (κ1) is 17.4. The molecule has 1 aliphatic heterocycles. The summed E-state index contributed by atoms with van der Waals surface area (Å²) in [5, 5.41) is 0. The normalized spacial score (nSPS) is 15.0. The summed E-state index contributed by atoms with van der Waals surface area (Å²) in [4.78, 5) is 13.8. The first-order valence-electron chi connectivity index (χ1n) is 8.03. The van der Waals surface area contributed by atoms with Gasteiger partial charge in [-0.15, -0.1) is 11.8 Å². The van der Waals surface area contributed by atoms with Crippen LogP contribution in [-0.2, 0) is 0 Å². The lowest BCUT2D eigenvalue weighted by Gasteiger charge is -2.18. The molecular weight excluding hydrogens is 336 g/mol. The molecule has 4 nitrogen and oxygen atoms in total. The predicted octanol–water partition coefficient (Wildman–Crippen LogP) is 4.47. The molecule has 0 saturated heterocycles. The van der Waals surface area contributed by atoms with E-state index in [0.717, 1.165) is 21.6 Å². The molecule has 0 radical (unpaired) electrons. The van der Waals surface area contributed by atoms with E-state index in [2.05, 4.69) is 0 Å². The number of hydrogen-bond acceptors (Lipinski definition) is 5. The highest BCUT2D eigenvalue weighted by molar-refractivity contribution is 7.99. The molecule has 0 unspecified atom stereocenters. The summed E-state index contributed by atoms with van der Waals surface area (Å²) in [6.07, 6.45) is 1.89. The van der Waals surface area contributed by atoms with E-state index in [1.165, 1.54) is 0 Å². The van der Waals surface area contributed by atoms with E-state index in [0.29, 0.717) is 29.6 Å². The van der Waals surface area contributed by atoms with E-state index in [1.54, 1.807) is 26.0 Å². The average Bonchev–Trinajstić information content (AvgIpc) is 2.65. The monoisotopic (exact) mass is 356 g/mol. The summed E-state index contributed by atoms with van der Waals surface area (Å²) in [5.74, 6) is 2.47. The number of rotatable bonds is 5. The minimum Gasteiger partial charge on any atom is -0.493 e. The molecule has 1 heterocycles. The second-order valence-electron chi connectivity index (χ2n) is 5.47. The highest BCUT2D eigenvalue weighted by Gasteiger charge is 2.22. The fraction of sp³-hybridized carbons (Fsp3) is 0.250. The summed E-state index contributed by atoms with van der Waals surface area (Å²) in [7, 11) is 3.18. The van der Waals surface area contributed by atoms with E-state index in [-0.39, 0.29) is 5.78 Å². The van der Waals surface area contributed by atoms with Crippen molar-refractivity contribution in [3.8, 4) is 17.2 Å². The maximum Gasteiger partial charge on any atom is 0.203 e. The summed E-state index contributed by atoms with van der Waals surface area (Å²) in [5.41, 5.74) is 2.37. The summed E-state index contributed by atoms with van der Waals surface area (Å²) >= 11 is 1.67. The van der Waals surface area contributed by atoms with Gasteiger partial charge in [-0.2, -0.15) is 0 Å². The Bertz CT molecular complexity index is 801. The van der Waals surface area contributed by atoms with Gasteiger partial charge in [0.15, 0.2) is 17.3 Å². The van der Waals surface area contributed by atoms with Crippen molar-refractivity contribution in [2.24, 2.45) is 0 Å². The maximum absolute atomic E-state index is 12.7. The summed E-state index contributed by atoms with van der Waals surface area (Å²) in [6, 6.07) is 11.4. The standard InChI is InChI=1S/C20H20O4S/c1-4-24-20-16(22-2)10-13(11-17(20)23-3)9-14-12-25-18-8-6-5-7-15(18)19(14)21/h5-11H,4,12H2,1-3H3/b14-9+. The first-order chi connectivity index (χ1) is 12.2. The fourth-order valence-corrected chi connectivity index (χ4v) is 3.77. The Balaban J connectivity index is 2.00. The molecule has 0 atom stereocenters. The Morgan fingerprint density at radius 1 is 1.12 bits per heavy atom. The van der Waals surface area contributed by atoms with Crippen molar-refractivity contribution in [3.63, 3.8) is 0 Å². The topological polar surface area (TPSA) is 44.8 Å². The molecule has 0 amide bonds. The number of thioether (sulfide) groups is 1. The zero-order valence-electron chi connectivity index (χ0n) is 14.5. The van der Waals surface area contributed by atoms with Gasteiger partial charge in [0.05, 0.1) is 20.8 Å². The lowest BCUT2D eigenvalue weighted by Crippen LogP contribution is -2.12. The highest BCUT2D eigenvalue weighted by Crippen LogP contribution is 2.40.